The molecule has 0 fully saturated rings. The Balaban J connectivity index is 2.98. The summed E-state index contributed by atoms with van der Waals surface area (Å²) in [4.78, 5) is 9.95. The fourth-order valence-corrected chi connectivity index (χ4v) is 1.46. The minimum Gasteiger partial charge on any atom is -0.379 e. The van der Waals surface area contributed by atoms with Crippen LogP contribution in [-0.2, 0) is 0 Å². The van der Waals surface area contributed by atoms with E-state index in [4.69, 9.17) is 0 Å². The Labute approximate surface area is 111 Å². The maximum atomic E-state index is 13.4. The highest BCUT2D eigenvalue weighted by atomic mass is 19.1. The lowest BCUT2D eigenvalue weighted by Gasteiger charge is -2.27. The van der Waals surface area contributed by atoms with Gasteiger partial charge in [-0.3, -0.25) is 10.1 Å². The monoisotopic (exact) mass is 272 g/mol. The number of hydrogen-bond acceptors (Lipinski definition) is 3. The van der Waals surface area contributed by atoms with Gasteiger partial charge in [-0.25, -0.2) is 4.39 Å². The van der Waals surface area contributed by atoms with Crippen molar-refractivity contribution in [3.05, 3.63) is 33.9 Å². The van der Waals surface area contributed by atoms with E-state index in [1.54, 1.807) is 0 Å². The molecule has 0 aliphatic rings. The van der Waals surface area contributed by atoms with Gasteiger partial charge in [-0.05, 0) is 11.3 Å². The number of halogens is 2. The molecule has 1 N–H and O–H groups in total. The average molecular weight is 272 g/mol. The lowest BCUT2D eigenvalue weighted by Crippen LogP contribution is -2.25. The molecule has 0 aliphatic heterocycles. The molecule has 0 aliphatic carbocycles. The Hall–Kier alpha value is -1.72. The highest BCUT2D eigenvalue weighted by Gasteiger charge is 2.24. The van der Waals surface area contributed by atoms with Crippen molar-refractivity contribution in [2.24, 2.45) is 11.3 Å². The Morgan fingerprint density at radius 3 is 2.42 bits per heavy atom. The van der Waals surface area contributed by atoms with E-state index in [1.807, 2.05) is 27.7 Å². The summed E-state index contributed by atoms with van der Waals surface area (Å²) in [6, 6.07) is 1.45. The molecule has 6 heteroatoms. The maximum absolute atomic E-state index is 13.4. The summed E-state index contributed by atoms with van der Waals surface area (Å²) in [6.45, 7) is 8.45. The molecule has 19 heavy (non-hydrogen) atoms. The van der Waals surface area contributed by atoms with Gasteiger partial charge in [0.15, 0.2) is 0 Å². The van der Waals surface area contributed by atoms with E-state index in [0.29, 0.717) is 12.6 Å². The molecule has 0 heterocycles. The first-order valence-electron chi connectivity index (χ1n) is 6.00. The predicted molar refractivity (Wildman–Crippen MR) is 70.1 cm³/mol. The van der Waals surface area contributed by atoms with Crippen LogP contribution in [0.15, 0.2) is 12.1 Å². The van der Waals surface area contributed by atoms with Gasteiger partial charge in [-0.2, -0.15) is 4.39 Å². The zero-order chi connectivity index (χ0) is 14.8. The largest absolute Gasteiger partial charge is 0.379 e. The Kier molecular flexibility index (Phi) is 4.44. The second kappa shape index (κ2) is 5.50. The highest BCUT2D eigenvalue weighted by molar-refractivity contribution is 5.62. The third-order valence-corrected chi connectivity index (χ3v) is 3.29. The van der Waals surface area contributed by atoms with Crippen molar-refractivity contribution >= 4 is 11.4 Å². The van der Waals surface area contributed by atoms with Crippen LogP contribution in [0.25, 0.3) is 0 Å². The van der Waals surface area contributed by atoms with E-state index in [1.165, 1.54) is 0 Å². The van der Waals surface area contributed by atoms with Crippen LogP contribution in [0.5, 0.6) is 0 Å². The molecular weight excluding hydrogens is 254 g/mol. The molecule has 0 spiro atoms. The number of nitro benzene ring substituents is 1. The van der Waals surface area contributed by atoms with Crippen molar-refractivity contribution < 1.29 is 13.7 Å². The molecule has 106 valence electrons. The third-order valence-electron chi connectivity index (χ3n) is 3.29. The van der Waals surface area contributed by atoms with Crippen molar-refractivity contribution in [1.29, 1.82) is 0 Å². The second-order valence-corrected chi connectivity index (χ2v) is 5.69. The number of nitro groups is 1. The first-order chi connectivity index (χ1) is 8.62. The van der Waals surface area contributed by atoms with Gasteiger partial charge < -0.3 is 5.32 Å². The van der Waals surface area contributed by atoms with Crippen LogP contribution in [0.2, 0.25) is 0 Å². The molecule has 0 amide bonds. The number of anilines is 1. The first-order valence-corrected chi connectivity index (χ1v) is 6.00. The number of hydrogen-bond donors (Lipinski definition) is 1. The molecule has 1 atom stereocenters. The molecule has 1 unspecified atom stereocenters. The lowest BCUT2D eigenvalue weighted by molar-refractivity contribution is -0.386. The van der Waals surface area contributed by atoms with Gasteiger partial charge >= 0.3 is 5.69 Å². The van der Waals surface area contributed by atoms with Gasteiger partial charge in [-0.15, -0.1) is 0 Å². The zero-order valence-corrected chi connectivity index (χ0v) is 11.5. The number of rotatable bonds is 4. The summed E-state index contributed by atoms with van der Waals surface area (Å²) in [5.74, 6) is -1.83. The van der Waals surface area contributed by atoms with Crippen molar-refractivity contribution in [3.8, 4) is 0 Å². The van der Waals surface area contributed by atoms with E-state index in [9.17, 15) is 18.9 Å². The first kappa shape index (κ1) is 15.3. The van der Waals surface area contributed by atoms with E-state index < -0.39 is 22.2 Å². The van der Waals surface area contributed by atoms with Crippen LogP contribution in [-0.4, -0.2) is 11.5 Å². The molecule has 1 rings (SSSR count). The minimum atomic E-state index is -1.17. The number of nitrogens with zero attached hydrogens (tertiary/aromatic N) is 1. The van der Waals surface area contributed by atoms with E-state index in [2.05, 4.69) is 5.32 Å². The second-order valence-electron chi connectivity index (χ2n) is 5.69. The standard InChI is InChI=1S/C13H18F2N2O2/c1-8(13(2,3)4)7-16-11-6-9(14)5-10(15)12(11)17(18)19/h5-6,8,16H,7H2,1-4H3. The van der Waals surface area contributed by atoms with Crippen LogP contribution in [0.4, 0.5) is 20.2 Å². The quantitative estimate of drug-likeness (QED) is 0.666. The molecular formula is C13H18F2N2O2. The van der Waals surface area contributed by atoms with Gasteiger partial charge in [0, 0.05) is 18.7 Å². The van der Waals surface area contributed by atoms with Gasteiger partial charge in [0.05, 0.1) is 4.92 Å². The van der Waals surface area contributed by atoms with Crippen LogP contribution in [0.3, 0.4) is 0 Å². The van der Waals surface area contributed by atoms with Crippen molar-refractivity contribution in [2.75, 3.05) is 11.9 Å². The fourth-order valence-electron chi connectivity index (χ4n) is 1.46. The van der Waals surface area contributed by atoms with Crippen molar-refractivity contribution in [2.45, 2.75) is 27.7 Å². The summed E-state index contributed by atoms with van der Waals surface area (Å²) >= 11 is 0. The average Bonchev–Trinajstić information content (AvgIpc) is 2.22. The topological polar surface area (TPSA) is 55.2 Å². The van der Waals surface area contributed by atoms with Crippen LogP contribution in [0.1, 0.15) is 27.7 Å². The Morgan fingerprint density at radius 2 is 1.95 bits per heavy atom. The van der Waals surface area contributed by atoms with Gasteiger partial charge in [0.1, 0.15) is 11.5 Å². The number of nitrogens with one attached hydrogen (secondary N) is 1. The van der Waals surface area contributed by atoms with E-state index >= 15 is 0 Å². The van der Waals surface area contributed by atoms with Gasteiger partial charge in [0.25, 0.3) is 0 Å². The summed E-state index contributed by atoms with van der Waals surface area (Å²) in [5, 5.41) is 13.6. The van der Waals surface area contributed by atoms with Gasteiger partial charge in [-0.1, -0.05) is 27.7 Å². The molecule has 0 bridgehead atoms. The molecule has 0 radical (unpaired) electrons. The summed E-state index contributed by atoms with van der Waals surface area (Å²) < 4.78 is 26.5. The maximum Gasteiger partial charge on any atom is 0.327 e. The van der Waals surface area contributed by atoms with Crippen LogP contribution in [0, 0.1) is 33.1 Å². The fraction of sp³-hybridized carbons (Fsp3) is 0.538. The zero-order valence-electron chi connectivity index (χ0n) is 11.5. The summed E-state index contributed by atoms with van der Waals surface area (Å²) in [5.41, 5.74) is -0.852. The Morgan fingerprint density at radius 1 is 1.37 bits per heavy atom. The smallest absolute Gasteiger partial charge is 0.327 e. The molecule has 0 aromatic heterocycles. The van der Waals surface area contributed by atoms with Crippen LogP contribution < -0.4 is 5.32 Å². The van der Waals surface area contributed by atoms with E-state index in [-0.39, 0.29) is 17.0 Å². The Bertz CT molecular complexity index is 484. The molecule has 0 saturated carbocycles. The molecule has 4 nitrogen and oxygen atoms in total. The minimum absolute atomic E-state index is 0.00630. The molecule has 1 aromatic rings. The van der Waals surface area contributed by atoms with Crippen molar-refractivity contribution in [3.63, 3.8) is 0 Å². The summed E-state index contributed by atoms with van der Waals surface area (Å²) in [7, 11) is 0. The van der Waals surface area contributed by atoms with Crippen molar-refractivity contribution in [1.82, 2.24) is 0 Å². The SMILES string of the molecule is CC(CNc1cc(F)cc(F)c1[N+](=O)[O-])C(C)(C)C. The lowest BCUT2D eigenvalue weighted by atomic mass is 9.82. The predicted octanol–water partition coefficient (Wildman–Crippen LogP) is 3.97. The van der Waals surface area contributed by atoms with Crippen LogP contribution >= 0.6 is 0 Å². The summed E-state index contributed by atoms with van der Waals surface area (Å²) in [6.07, 6.45) is 0. The third kappa shape index (κ3) is 3.87. The molecule has 1 aromatic carbocycles. The highest BCUT2D eigenvalue weighted by Crippen LogP contribution is 2.31. The molecule has 0 saturated heterocycles. The number of benzene rings is 1. The van der Waals surface area contributed by atoms with E-state index in [0.717, 1.165) is 6.07 Å². The van der Waals surface area contributed by atoms with Gasteiger partial charge in [0.2, 0.25) is 5.82 Å². The normalized spacial score (nSPS) is 13.2.